The van der Waals surface area contributed by atoms with E-state index in [1.807, 2.05) is 6.07 Å². The van der Waals surface area contributed by atoms with Gasteiger partial charge in [-0.05, 0) is 18.6 Å². The highest BCUT2D eigenvalue weighted by molar-refractivity contribution is 7.90. The molecule has 0 aliphatic heterocycles. The monoisotopic (exact) mass is 239 g/mol. The highest BCUT2D eigenvalue weighted by atomic mass is 32.2. The van der Waals surface area contributed by atoms with Gasteiger partial charge in [-0.2, -0.15) is 5.26 Å². The van der Waals surface area contributed by atoms with Crippen LogP contribution in [0, 0.1) is 11.3 Å². The molecular formula is C10H13N3O2S. The highest BCUT2D eigenvalue weighted by Gasteiger charge is 2.01. The number of hydrogen-bond donors (Lipinski definition) is 1. The maximum absolute atomic E-state index is 10.9. The van der Waals surface area contributed by atoms with Gasteiger partial charge >= 0.3 is 0 Å². The fourth-order valence-electron chi connectivity index (χ4n) is 1.17. The molecule has 0 aliphatic carbocycles. The van der Waals surface area contributed by atoms with Crippen LogP contribution < -0.4 is 5.32 Å². The Balaban J connectivity index is 2.41. The summed E-state index contributed by atoms with van der Waals surface area (Å²) in [4.78, 5) is 3.83. The van der Waals surface area contributed by atoms with E-state index in [0.29, 0.717) is 18.7 Å². The van der Waals surface area contributed by atoms with Crippen molar-refractivity contribution in [3.8, 4) is 6.07 Å². The van der Waals surface area contributed by atoms with E-state index in [4.69, 9.17) is 5.26 Å². The Hall–Kier alpha value is -1.61. The van der Waals surface area contributed by atoms with Crippen molar-refractivity contribution < 1.29 is 8.42 Å². The number of nitriles is 1. The normalized spacial score (nSPS) is 10.8. The molecule has 0 aromatic carbocycles. The third-order valence-electron chi connectivity index (χ3n) is 1.90. The van der Waals surface area contributed by atoms with Crippen molar-refractivity contribution in [2.45, 2.75) is 6.42 Å². The van der Waals surface area contributed by atoms with Gasteiger partial charge in [0.05, 0.1) is 5.75 Å². The molecular weight excluding hydrogens is 226 g/mol. The minimum absolute atomic E-state index is 0.163. The van der Waals surface area contributed by atoms with Crippen molar-refractivity contribution >= 4 is 15.5 Å². The standard InChI is InChI=1S/C10H13N3O2S/c1-16(14,15)6-2-4-12-9-3-5-13-10(7-9)8-11/h3,5,7H,2,4,6H2,1H3,(H,12,13). The SMILES string of the molecule is CS(=O)(=O)CCCNc1ccnc(C#N)c1. The largest absolute Gasteiger partial charge is 0.385 e. The van der Waals surface area contributed by atoms with Gasteiger partial charge in [0.1, 0.15) is 21.6 Å². The van der Waals surface area contributed by atoms with Crippen LogP contribution in [0.15, 0.2) is 18.3 Å². The van der Waals surface area contributed by atoms with E-state index in [1.54, 1.807) is 12.1 Å². The second-order valence-corrected chi connectivity index (χ2v) is 5.71. The maximum Gasteiger partial charge on any atom is 0.147 e. The van der Waals surface area contributed by atoms with Crippen LogP contribution in [0.3, 0.4) is 0 Å². The maximum atomic E-state index is 10.9. The minimum atomic E-state index is -2.90. The Morgan fingerprint density at radius 1 is 1.56 bits per heavy atom. The van der Waals surface area contributed by atoms with Crippen LogP contribution in [0.25, 0.3) is 0 Å². The van der Waals surface area contributed by atoms with E-state index in [2.05, 4.69) is 10.3 Å². The van der Waals surface area contributed by atoms with E-state index in [9.17, 15) is 8.42 Å². The van der Waals surface area contributed by atoms with Crippen molar-refractivity contribution in [2.75, 3.05) is 23.9 Å². The summed E-state index contributed by atoms with van der Waals surface area (Å²) < 4.78 is 21.7. The Bertz CT molecular complexity index is 491. The average Bonchev–Trinajstić information content (AvgIpc) is 2.23. The first-order chi connectivity index (χ1) is 7.51. The summed E-state index contributed by atoms with van der Waals surface area (Å²) in [5.41, 5.74) is 1.12. The highest BCUT2D eigenvalue weighted by Crippen LogP contribution is 2.06. The summed E-state index contributed by atoms with van der Waals surface area (Å²) in [6.45, 7) is 0.557. The van der Waals surface area contributed by atoms with E-state index >= 15 is 0 Å². The molecule has 0 saturated heterocycles. The van der Waals surface area contributed by atoms with Crippen LogP contribution >= 0.6 is 0 Å². The molecule has 5 nitrogen and oxygen atoms in total. The van der Waals surface area contributed by atoms with E-state index in [-0.39, 0.29) is 5.75 Å². The number of nitrogens with one attached hydrogen (secondary N) is 1. The van der Waals surface area contributed by atoms with Crippen LogP contribution in [0.5, 0.6) is 0 Å². The topological polar surface area (TPSA) is 82.8 Å². The van der Waals surface area contributed by atoms with Crippen molar-refractivity contribution in [1.82, 2.24) is 4.98 Å². The van der Waals surface area contributed by atoms with Crippen molar-refractivity contribution in [2.24, 2.45) is 0 Å². The van der Waals surface area contributed by atoms with Crippen LogP contribution in [0.2, 0.25) is 0 Å². The molecule has 6 heteroatoms. The zero-order valence-electron chi connectivity index (χ0n) is 8.97. The zero-order chi connectivity index (χ0) is 12.0. The number of pyridine rings is 1. The van der Waals surface area contributed by atoms with Gasteiger partial charge in [0, 0.05) is 24.7 Å². The second kappa shape index (κ2) is 5.47. The van der Waals surface area contributed by atoms with Gasteiger partial charge in [-0.25, -0.2) is 13.4 Å². The number of nitrogens with zero attached hydrogens (tertiary/aromatic N) is 2. The lowest BCUT2D eigenvalue weighted by molar-refractivity contribution is 0.600. The minimum Gasteiger partial charge on any atom is -0.385 e. The first-order valence-corrected chi connectivity index (χ1v) is 6.85. The molecule has 1 aromatic heterocycles. The van der Waals surface area contributed by atoms with Gasteiger partial charge in [0.25, 0.3) is 0 Å². The Morgan fingerprint density at radius 3 is 2.94 bits per heavy atom. The lowest BCUT2D eigenvalue weighted by atomic mass is 10.3. The quantitative estimate of drug-likeness (QED) is 0.768. The third kappa shape index (κ3) is 4.75. The van der Waals surface area contributed by atoms with Gasteiger partial charge in [0.2, 0.25) is 0 Å². The van der Waals surface area contributed by atoms with Crippen LogP contribution in [-0.2, 0) is 9.84 Å². The molecule has 1 rings (SSSR count). The second-order valence-electron chi connectivity index (χ2n) is 3.45. The number of aromatic nitrogens is 1. The first-order valence-electron chi connectivity index (χ1n) is 4.79. The predicted octanol–water partition coefficient (Wildman–Crippen LogP) is 0.800. The molecule has 1 heterocycles. The Labute approximate surface area is 95.0 Å². The van der Waals surface area contributed by atoms with Gasteiger partial charge in [-0.3, -0.25) is 0 Å². The zero-order valence-corrected chi connectivity index (χ0v) is 9.79. The molecule has 0 amide bonds. The van der Waals surface area contributed by atoms with Crippen molar-refractivity contribution in [3.63, 3.8) is 0 Å². The summed E-state index contributed by atoms with van der Waals surface area (Å²) in [5, 5.41) is 11.7. The predicted molar refractivity (Wildman–Crippen MR) is 61.8 cm³/mol. The van der Waals surface area contributed by atoms with E-state index in [1.165, 1.54) is 12.5 Å². The summed E-state index contributed by atoms with van der Waals surface area (Å²) in [7, 11) is -2.90. The molecule has 1 aromatic rings. The lowest BCUT2D eigenvalue weighted by Crippen LogP contribution is -2.09. The van der Waals surface area contributed by atoms with Crippen molar-refractivity contribution in [3.05, 3.63) is 24.0 Å². The first kappa shape index (κ1) is 12.5. The summed E-state index contributed by atoms with van der Waals surface area (Å²) in [5.74, 6) is 0.163. The number of sulfone groups is 1. The third-order valence-corrected chi connectivity index (χ3v) is 2.93. The summed E-state index contributed by atoms with van der Waals surface area (Å²) in [6, 6.07) is 5.30. The fraction of sp³-hybridized carbons (Fsp3) is 0.400. The number of rotatable bonds is 5. The molecule has 0 spiro atoms. The van der Waals surface area contributed by atoms with Gasteiger partial charge in [-0.15, -0.1) is 0 Å². The molecule has 1 N–H and O–H groups in total. The van der Waals surface area contributed by atoms with E-state index < -0.39 is 9.84 Å². The average molecular weight is 239 g/mol. The fourth-order valence-corrected chi connectivity index (χ4v) is 1.84. The molecule has 0 radical (unpaired) electrons. The summed E-state index contributed by atoms with van der Waals surface area (Å²) in [6.07, 6.45) is 3.30. The summed E-state index contributed by atoms with van der Waals surface area (Å²) >= 11 is 0. The van der Waals surface area contributed by atoms with Gasteiger partial charge < -0.3 is 5.32 Å². The van der Waals surface area contributed by atoms with E-state index in [0.717, 1.165) is 5.69 Å². The van der Waals surface area contributed by atoms with Crippen LogP contribution in [0.4, 0.5) is 5.69 Å². The van der Waals surface area contributed by atoms with Crippen LogP contribution in [0.1, 0.15) is 12.1 Å². The number of anilines is 1. The molecule has 0 fully saturated rings. The van der Waals surface area contributed by atoms with Gasteiger partial charge in [0.15, 0.2) is 0 Å². The Kier molecular flexibility index (Phi) is 4.26. The smallest absolute Gasteiger partial charge is 0.147 e. The molecule has 0 aliphatic rings. The molecule has 0 atom stereocenters. The molecule has 0 unspecified atom stereocenters. The molecule has 86 valence electrons. The van der Waals surface area contributed by atoms with Gasteiger partial charge in [-0.1, -0.05) is 0 Å². The molecule has 16 heavy (non-hydrogen) atoms. The lowest BCUT2D eigenvalue weighted by Gasteiger charge is -2.05. The molecule has 0 bridgehead atoms. The number of hydrogen-bond acceptors (Lipinski definition) is 5. The Morgan fingerprint density at radius 2 is 2.31 bits per heavy atom. The molecule has 0 saturated carbocycles. The van der Waals surface area contributed by atoms with Crippen LogP contribution in [-0.4, -0.2) is 32.0 Å². The van der Waals surface area contributed by atoms with Crippen molar-refractivity contribution in [1.29, 1.82) is 5.26 Å².